The monoisotopic (exact) mass is 462 g/mol. The summed E-state index contributed by atoms with van der Waals surface area (Å²) in [5.41, 5.74) is 2.34. The molecule has 0 amide bonds. The van der Waals surface area contributed by atoms with Crippen molar-refractivity contribution in [1.82, 2.24) is 0 Å². The van der Waals surface area contributed by atoms with Crippen molar-refractivity contribution in [3.63, 3.8) is 0 Å². The van der Waals surface area contributed by atoms with E-state index in [0.29, 0.717) is 0 Å². The molecule has 0 aromatic heterocycles. The predicted molar refractivity (Wildman–Crippen MR) is 125 cm³/mol. The van der Waals surface area contributed by atoms with Crippen molar-refractivity contribution in [1.29, 1.82) is 0 Å². The van der Waals surface area contributed by atoms with E-state index in [9.17, 15) is 13.0 Å². The van der Waals surface area contributed by atoms with Crippen LogP contribution in [0.15, 0.2) is 18.2 Å². The van der Waals surface area contributed by atoms with Gasteiger partial charge in [0.2, 0.25) is 0 Å². The molecular formula is C25H43NaO4S. The third-order valence-electron chi connectivity index (χ3n) is 5.52. The number of rotatable bonds is 18. The van der Waals surface area contributed by atoms with Crippen LogP contribution in [-0.2, 0) is 23.0 Å². The molecule has 0 heterocycles. The Hall–Kier alpha value is -0.0700. The minimum Gasteiger partial charge on any atom is -0.748 e. The number of hydrogen-bond donors (Lipinski definition) is 0. The summed E-state index contributed by atoms with van der Waals surface area (Å²) < 4.78 is 39.2. The molecule has 0 N–H and O–H groups in total. The van der Waals surface area contributed by atoms with Gasteiger partial charge in [-0.15, -0.1) is 0 Å². The maximum absolute atomic E-state index is 11.1. The van der Waals surface area contributed by atoms with Crippen LogP contribution in [0.25, 0.3) is 0 Å². The van der Waals surface area contributed by atoms with Gasteiger partial charge in [0, 0.05) is 0 Å². The zero-order valence-corrected chi connectivity index (χ0v) is 23.3. The van der Waals surface area contributed by atoms with E-state index in [1.165, 1.54) is 69.8 Å². The Kier molecular flexibility index (Phi) is 18.3. The molecule has 1 atom stereocenters. The summed E-state index contributed by atoms with van der Waals surface area (Å²) in [7, 11) is -4.30. The molecule has 0 aliphatic carbocycles. The van der Waals surface area contributed by atoms with Gasteiger partial charge in [-0.3, -0.25) is 0 Å². The largest absolute Gasteiger partial charge is 1.00 e. The first kappa shape index (κ1) is 30.9. The summed E-state index contributed by atoms with van der Waals surface area (Å²) in [5, 5.41) is 0. The second-order valence-electron chi connectivity index (χ2n) is 8.63. The van der Waals surface area contributed by atoms with Crippen molar-refractivity contribution >= 4 is 10.1 Å². The van der Waals surface area contributed by atoms with Crippen molar-refractivity contribution in [3.05, 3.63) is 29.3 Å². The van der Waals surface area contributed by atoms with Gasteiger partial charge in [0.05, 0.1) is 15.9 Å². The molecule has 31 heavy (non-hydrogen) atoms. The van der Waals surface area contributed by atoms with Gasteiger partial charge in [-0.2, -0.15) is 0 Å². The fourth-order valence-corrected chi connectivity index (χ4v) is 4.46. The Morgan fingerprint density at radius 2 is 1.35 bits per heavy atom. The second kappa shape index (κ2) is 18.4. The van der Waals surface area contributed by atoms with Crippen molar-refractivity contribution in [2.45, 2.75) is 117 Å². The van der Waals surface area contributed by atoms with Crippen LogP contribution >= 0.6 is 0 Å². The maximum atomic E-state index is 11.1. The summed E-state index contributed by atoms with van der Waals surface area (Å²) in [6, 6.07) is 6.37. The van der Waals surface area contributed by atoms with E-state index in [0.717, 1.165) is 37.0 Å². The first-order valence-corrected chi connectivity index (χ1v) is 13.7. The smallest absolute Gasteiger partial charge is 0.748 e. The van der Waals surface area contributed by atoms with Crippen LogP contribution in [0, 0.1) is 0 Å². The fourth-order valence-electron chi connectivity index (χ4n) is 3.81. The molecule has 1 rings (SSSR count). The average Bonchev–Trinajstić information content (AvgIpc) is 2.67. The molecule has 0 aliphatic heterocycles. The number of aryl methyl sites for hydroxylation is 2. The Morgan fingerprint density at radius 3 is 1.90 bits per heavy atom. The molecular weight excluding hydrogens is 419 g/mol. The molecule has 1 unspecified atom stereocenters. The molecule has 0 saturated heterocycles. The van der Waals surface area contributed by atoms with Gasteiger partial charge in [-0.1, -0.05) is 90.2 Å². The SMILES string of the molecule is CCCCCCCCc1ccc(CCCCCCCC)c(OC(C)CS(=O)(=O)[O-])c1.[Na+]. The number of unbranched alkanes of at least 4 members (excludes halogenated alkanes) is 10. The summed E-state index contributed by atoms with van der Waals surface area (Å²) in [5.74, 6) is 0.258. The zero-order chi connectivity index (χ0) is 22.2. The van der Waals surface area contributed by atoms with Crippen molar-refractivity contribution in [3.8, 4) is 5.75 Å². The van der Waals surface area contributed by atoms with E-state index >= 15 is 0 Å². The van der Waals surface area contributed by atoms with Crippen LogP contribution in [-0.4, -0.2) is 24.8 Å². The molecule has 174 valence electrons. The van der Waals surface area contributed by atoms with Crippen LogP contribution in [0.5, 0.6) is 5.75 Å². The van der Waals surface area contributed by atoms with Gasteiger partial charge in [-0.25, -0.2) is 8.42 Å². The Labute approximate surface area is 214 Å². The van der Waals surface area contributed by atoms with Gasteiger partial charge in [0.25, 0.3) is 0 Å². The van der Waals surface area contributed by atoms with Crippen LogP contribution in [0.1, 0.15) is 109 Å². The van der Waals surface area contributed by atoms with E-state index in [1.54, 1.807) is 6.92 Å². The molecule has 0 aliphatic rings. The van der Waals surface area contributed by atoms with Gasteiger partial charge in [-0.05, 0) is 49.8 Å². The predicted octanol–water partition coefficient (Wildman–Crippen LogP) is 3.81. The summed E-state index contributed by atoms with van der Waals surface area (Å²) in [4.78, 5) is 0. The van der Waals surface area contributed by atoms with Crippen molar-refractivity contribution in [2.75, 3.05) is 5.75 Å². The molecule has 1 aromatic carbocycles. The maximum Gasteiger partial charge on any atom is 1.00 e. The minimum atomic E-state index is -4.30. The Morgan fingerprint density at radius 1 is 0.839 bits per heavy atom. The average molecular weight is 463 g/mol. The van der Waals surface area contributed by atoms with Crippen molar-refractivity contribution in [2.24, 2.45) is 0 Å². The van der Waals surface area contributed by atoms with Gasteiger partial charge in [0.15, 0.2) is 0 Å². The van der Waals surface area contributed by atoms with Crippen LogP contribution < -0.4 is 34.3 Å². The molecule has 0 radical (unpaired) electrons. The third-order valence-corrected chi connectivity index (χ3v) is 6.39. The molecule has 4 nitrogen and oxygen atoms in total. The summed E-state index contributed by atoms with van der Waals surface area (Å²) >= 11 is 0. The Balaban J connectivity index is 0.00000900. The van der Waals surface area contributed by atoms with Gasteiger partial charge >= 0.3 is 29.6 Å². The molecule has 0 fully saturated rings. The molecule has 0 bridgehead atoms. The quantitative estimate of drug-likeness (QED) is 0.189. The van der Waals surface area contributed by atoms with Gasteiger partial charge < -0.3 is 9.29 Å². The summed E-state index contributed by atoms with van der Waals surface area (Å²) in [6.45, 7) is 6.11. The fraction of sp³-hybridized carbons (Fsp3) is 0.760. The van der Waals surface area contributed by atoms with E-state index in [2.05, 4.69) is 32.0 Å². The van der Waals surface area contributed by atoms with E-state index in [-0.39, 0.29) is 29.6 Å². The second-order valence-corrected chi connectivity index (χ2v) is 10.1. The van der Waals surface area contributed by atoms with E-state index < -0.39 is 22.0 Å². The zero-order valence-electron chi connectivity index (χ0n) is 20.5. The Bertz CT molecular complexity index is 676. The van der Waals surface area contributed by atoms with Crippen molar-refractivity contribution < 1.29 is 47.3 Å². The topological polar surface area (TPSA) is 66.4 Å². The number of hydrogen-bond acceptors (Lipinski definition) is 4. The van der Waals surface area contributed by atoms with Crippen LogP contribution in [0.3, 0.4) is 0 Å². The van der Waals surface area contributed by atoms with E-state index in [1.807, 2.05) is 0 Å². The van der Waals surface area contributed by atoms with E-state index in [4.69, 9.17) is 4.74 Å². The first-order valence-electron chi connectivity index (χ1n) is 12.1. The standard InChI is InChI=1S/C25H44O4S.Na/c1-4-6-8-10-12-14-16-23-18-19-24(17-15-13-11-9-7-5-2)25(20-23)29-22(3)21-30(26,27)28;/h18-20,22H,4-17,21H2,1-3H3,(H,26,27,28);/q;+1/p-1. The normalized spacial score (nSPS) is 12.4. The number of ether oxygens (including phenoxy) is 1. The van der Waals surface area contributed by atoms with Crippen LogP contribution in [0.2, 0.25) is 0 Å². The molecule has 0 saturated carbocycles. The molecule has 6 heteroatoms. The summed E-state index contributed by atoms with van der Waals surface area (Å²) in [6.07, 6.45) is 16.2. The minimum absolute atomic E-state index is 0. The third kappa shape index (κ3) is 16.2. The molecule has 0 spiro atoms. The first-order chi connectivity index (χ1) is 14.4. The van der Waals surface area contributed by atoms with Gasteiger partial charge in [0.1, 0.15) is 11.9 Å². The van der Waals surface area contributed by atoms with Crippen LogP contribution in [0.4, 0.5) is 0 Å². The number of benzene rings is 1. The molecule has 1 aromatic rings.